The van der Waals surface area contributed by atoms with Crippen LogP contribution < -0.4 is 5.32 Å². The van der Waals surface area contributed by atoms with Crippen molar-refractivity contribution < 1.29 is 24.2 Å². The van der Waals surface area contributed by atoms with Gasteiger partial charge in [0.15, 0.2) is 0 Å². The molecule has 0 heterocycles. The van der Waals surface area contributed by atoms with Crippen LogP contribution in [0.3, 0.4) is 0 Å². The number of aliphatic hydroxyl groups excluding tert-OH is 1. The molecule has 0 amide bonds. The van der Waals surface area contributed by atoms with Gasteiger partial charge in [-0.3, -0.25) is 9.59 Å². The summed E-state index contributed by atoms with van der Waals surface area (Å²) in [5.41, 5.74) is 0. The minimum Gasteiger partial charge on any atom is -0.466 e. The molecular weight excluding hydrogens is 298 g/mol. The van der Waals surface area contributed by atoms with Crippen molar-refractivity contribution in [2.75, 3.05) is 26.4 Å². The number of fused-ring (bicyclic) bond motifs is 2. The number of hydrogen-bond acceptors (Lipinski definition) is 6. The summed E-state index contributed by atoms with van der Waals surface area (Å²) in [6, 6.07) is -0.637. The van der Waals surface area contributed by atoms with E-state index >= 15 is 0 Å². The minimum absolute atomic E-state index is 0.00670. The summed E-state index contributed by atoms with van der Waals surface area (Å²) in [6.45, 7) is 5.11. The lowest BCUT2D eigenvalue weighted by atomic mass is 9.82. The monoisotopic (exact) mass is 327 g/mol. The molecule has 0 aromatic rings. The number of nitrogens with one attached hydrogen (secondary N) is 1. The van der Waals surface area contributed by atoms with Gasteiger partial charge in [-0.15, -0.1) is 0 Å². The first kappa shape index (κ1) is 18.2. The van der Waals surface area contributed by atoms with E-state index in [1.165, 1.54) is 6.42 Å². The Kier molecular flexibility index (Phi) is 6.84. The average Bonchev–Trinajstić information content (AvgIpc) is 3.11. The fraction of sp³-hybridized carbons (Fsp3) is 0.882. The normalized spacial score (nSPS) is 30.2. The fourth-order valence-corrected chi connectivity index (χ4v) is 4.15. The van der Waals surface area contributed by atoms with Gasteiger partial charge in [-0.05, 0) is 63.3 Å². The number of hydrogen-bond donors (Lipinski definition) is 2. The van der Waals surface area contributed by atoms with Crippen molar-refractivity contribution in [1.29, 1.82) is 0 Å². The van der Waals surface area contributed by atoms with Gasteiger partial charge in [-0.1, -0.05) is 0 Å². The second-order valence-electron chi connectivity index (χ2n) is 6.65. The third-order valence-electron chi connectivity index (χ3n) is 5.26. The standard InChI is InChI=1S/C17H29NO5/c1-3-22-16(20)8-15(17(21)23-4-2)18-9-13-6-12-5-11(13)7-14(12)10-19/h11-15,18-19H,3-10H2,1-2H3. The van der Waals surface area contributed by atoms with E-state index in [1.54, 1.807) is 13.8 Å². The Balaban J connectivity index is 1.83. The van der Waals surface area contributed by atoms with Crippen molar-refractivity contribution in [3.05, 3.63) is 0 Å². The van der Waals surface area contributed by atoms with E-state index in [-0.39, 0.29) is 19.0 Å². The van der Waals surface area contributed by atoms with E-state index in [4.69, 9.17) is 9.47 Å². The number of carbonyl (C=O) groups excluding carboxylic acids is 2. The second kappa shape index (κ2) is 8.64. The lowest BCUT2D eigenvalue weighted by Gasteiger charge is -2.28. The molecule has 23 heavy (non-hydrogen) atoms. The first-order valence-electron chi connectivity index (χ1n) is 8.75. The molecule has 0 spiro atoms. The van der Waals surface area contributed by atoms with E-state index < -0.39 is 12.0 Å². The van der Waals surface area contributed by atoms with E-state index in [0.29, 0.717) is 43.4 Å². The van der Waals surface area contributed by atoms with Crippen LogP contribution in [0.2, 0.25) is 0 Å². The number of carbonyl (C=O) groups is 2. The molecule has 2 fully saturated rings. The maximum absolute atomic E-state index is 12.0. The maximum Gasteiger partial charge on any atom is 0.323 e. The Hall–Kier alpha value is -1.14. The second-order valence-corrected chi connectivity index (χ2v) is 6.65. The van der Waals surface area contributed by atoms with Gasteiger partial charge in [0.05, 0.1) is 19.6 Å². The summed E-state index contributed by atoms with van der Waals surface area (Å²) in [5, 5.41) is 12.6. The highest BCUT2D eigenvalue weighted by molar-refractivity contribution is 5.82. The van der Waals surface area contributed by atoms with Crippen LogP contribution in [0.15, 0.2) is 0 Å². The number of rotatable bonds is 9. The van der Waals surface area contributed by atoms with Gasteiger partial charge in [0.25, 0.3) is 0 Å². The van der Waals surface area contributed by atoms with E-state index in [9.17, 15) is 14.7 Å². The molecule has 6 nitrogen and oxygen atoms in total. The van der Waals surface area contributed by atoms with Gasteiger partial charge in [-0.25, -0.2) is 0 Å². The molecule has 2 aliphatic rings. The highest BCUT2D eigenvalue weighted by Gasteiger charge is 2.45. The van der Waals surface area contributed by atoms with Gasteiger partial charge in [0.2, 0.25) is 0 Å². The number of esters is 2. The van der Waals surface area contributed by atoms with E-state index in [1.807, 2.05) is 0 Å². The third kappa shape index (κ3) is 4.67. The van der Waals surface area contributed by atoms with Crippen molar-refractivity contribution in [2.45, 2.75) is 45.6 Å². The van der Waals surface area contributed by atoms with Gasteiger partial charge in [-0.2, -0.15) is 0 Å². The quantitative estimate of drug-likeness (QED) is 0.617. The Morgan fingerprint density at radius 2 is 1.74 bits per heavy atom. The summed E-state index contributed by atoms with van der Waals surface area (Å²) in [7, 11) is 0. The summed E-state index contributed by atoms with van der Waals surface area (Å²) >= 11 is 0. The average molecular weight is 327 g/mol. The van der Waals surface area contributed by atoms with Crippen molar-refractivity contribution in [3.8, 4) is 0 Å². The zero-order valence-corrected chi connectivity index (χ0v) is 14.1. The molecule has 2 rings (SSSR count). The van der Waals surface area contributed by atoms with Crippen molar-refractivity contribution in [2.24, 2.45) is 23.7 Å². The van der Waals surface area contributed by atoms with Gasteiger partial charge in [0.1, 0.15) is 6.04 Å². The molecule has 5 atom stereocenters. The van der Waals surface area contributed by atoms with Crippen LogP contribution in [0.5, 0.6) is 0 Å². The predicted molar refractivity (Wildman–Crippen MR) is 84.6 cm³/mol. The molecule has 2 bridgehead atoms. The SMILES string of the molecule is CCOC(=O)CC(NCC1CC2CC1CC2CO)C(=O)OCC. The van der Waals surface area contributed by atoms with Crippen LogP contribution in [0.4, 0.5) is 0 Å². The Morgan fingerprint density at radius 3 is 2.30 bits per heavy atom. The molecule has 132 valence electrons. The van der Waals surface area contributed by atoms with Crippen LogP contribution in [-0.4, -0.2) is 49.5 Å². The van der Waals surface area contributed by atoms with Gasteiger partial charge >= 0.3 is 11.9 Å². The third-order valence-corrected chi connectivity index (χ3v) is 5.26. The predicted octanol–water partition coefficient (Wildman–Crippen LogP) is 1.12. The summed E-state index contributed by atoms with van der Waals surface area (Å²) in [5.74, 6) is 1.43. The van der Waals surface area contributed by atoms with Crippen LogP contribution in [0, 0.1) is 23.7 Å². The topological polar surface area (TPSA) is 84.9 Å². The molecule has 5 unspecified atom stereocenters. The lowest BCUT2D eigenvalue weighted by Crippen LogP contribution is -2.43. The zero-order chi connectivity index (χ0) is 16.8. The van der Waals surface area contributed by atoms with Crippen LogP contribution in [0.1, 0.15) is 39.5 Å². The first-order chi connectivity index (χ1) is 11.1. The van der Waals surface area contributed by atoms with Crippen LogP contribution in [0.25, 0.3) is 0 Å². The molecule has 0 saturated heterocycles. The zero-order valence-electron chi connectivity index (χ0n) is 14.1. The summed E-state index contributed by atoms with van der Waals surface area (Å²) < 4.78 is 9.99. The molecular formula is C17H29NO5. The molecule has 2 aliphatic carbocycles. The minimum atomic E-state index is -0.637. The fourth-order valence-electron chi connectivity index (χ4n) is 4.15. The number of aliphatic hydroxyl groups is 1. The largest absolute Gasteiger partial charge is 0.466 e. The molecule has 6 heteroatoms. The molecule has 2 N–H and O–H groups in total. The van der Waals surface area contributed by atoms with E-state index in [0.717, 1.165) is 12.8 Å². The molecule has 0 radical (unpaired) electrons. The van der Waals surface area contributed by atoms with Crippen LogP contribution in [-0.2, 0) is 19.1 Å². The molecule has 0 aromatic carbocycles. The highest BCUT2D eigenvalue weighted by atomic mass is 16.5. The van der Waals surface area contributed by atoms with Crippen LogP contribution >= 0.6 is 0 Å². The number of ether oxygens (including phenoxy) is 2. The molecule has 0 aliphatic heterocycles. The Bertz CT molecular complexity index is 414. The Morgan fingerprint density at radius 1 is 1.09 bits per heavy atom. The van der Waals surface area contributed by atoms with Gasteiger partial charge in [0, 0.05) is 6.61 Å². The Labute approximate surface area is 137 Å². The van der Waals surface area contributed by atoms with E-state index in [2.05, 4.69) is 5.32 Å². The van der Waals surface area contributed by atoms with Crippen molar-refractivity contribution in [3.63, 3.8) is 0 Å². The first-order valence-corrected chi connectivity index (χ1v) is 8.75. The maximum atomic E-state index is 12.0. The van der Waals surface area contributed by atoms with Crippen molar-refractivity contribution >= 4 is 11.9 Å². The van der Waals surface area contributed by atoms with Gasteiger partial charge < -0.3 is 19.9 Å². The summed E-state index contributed by atoms with van der Waals surface area (Å²) in [6.07, 6.45) is 3.36. The summed E-state index contributed by atoms with van der Waals surface area (Å²) in [4.78, 5) is 23.7. The molecule has 0 aromatic heterocycles. The lowest BCUT2D eigenvalue weighted by molar-refractivity contribution is -0.152. The highest BCUT2D eigenvalue weighted by Crippen LogP contribution is 2.51. The molecule has 2 saturated carbocycles. The van der Waals surface area contributed by atoms with Crippen molar-refractivity contribution in [1.82, 2.24) is 5.32 Å². The smallest absolute Gasteiger partial charge is 0.323 e.